The number of nitrogens with zero attached hydrogens (tertiary/aromatic N) is 2. The summed E-state index contributed by atoms with van der Waals surface area (Å²) >= 11 is 11.3. The zero-order valence-corrected chi connectivity index (χ0v) is 16.7. The van der Waals surface area contributed by atoms with Crippen LogP contribution in [0, 0.1) is 0 Å². The number of benzene rings is 2. The second-order valence-electron chi connectivity index (χ2n) is 6.08. The van der Waals surface area contributed by atoms with Gasteiger partial charge in [-0.15, -0.1) is 0 Å². The normalized spacial score (nSPS) is 16.0. The van der Waals surface area contributed by atoms with Gasteiger partial charge in [0.1, 0.15) is 0 Å². The van der Waals surface area contributed by atoms with Crippen LogP contribution in [-0.2, 0) is 14.8 Å². The number of hydrogen-bond donors (Lipinski definition) is 0. The van der Waals surface area contributed by atoms with E-state index in [4.69, 9.17) is 23.2 Å². The molecule has 142 valence electrons. The van der Waals surface area contributed by atoms with Crippen molar-refractivity contribution in [2.45, 2.75) is 4.90 Å². The highest BCUT2D eigenvalue weighted by molar-refractivity contribution is 7.89. The predicted octanol–water partition coefficient (Wildman–Crippen LogP) is 3.63. The molecule has 3 rings (SSSR count). The summed E-state index contributed by atoms with van der Waals surface area (Å²) in [5.74, 6) is 0. The zero-order chi connectivity index (χ0) is 19.4. The molecule has 0 N–H and O–H groups in total. The number of piperazine rings is 1. The van der Waals surface area contributed by atoms with E-state index in [0.29, 0.717) is 36.8 Å². The molecule has 5 nitrogen and oxygen atoms in total. The molecule has 0 bridgehead atoms. The Labute approximate surface area is 168 Å². The first-order valence-electron chi connectivity index (χ1n) is 8.34. The Balaban J connectivity index is 1.73. The summed E-state index contributed by atoms with van der Waals surface area (Å²) in [6, 6.07) is 14.0. The lowest BCUT2D eigenvalue weighted by Gasteiger charge is -2.35. The SMILES string of the molecule is O=C(Cl)/C=C/c1cccc(S(=O)(=O)N2CCN(c3cccc(Cl)c3)CC2)c1. The fourth-order valence-electron chi connectivity index (χ4n) is 2.95. The van der Waals surface area contributed by atoms with Gasteiger partial charge < -0.3 is 4.90 Å². The standard InChI is InChI=1S/C19H18Cl2N2O3S/c20-16-4-2-5-17(14-16)22-9-11-23(12-10-22)27(25,26)18-6-1-3-15(13-18)7-8-19(21)24/h1-8,13-14H,9-12H2/b8-7+. The Morgan fingerprint density at radius 3 is 2.37 bits per heavy atom. The molecule has 2 aromatic rings. The van der Waals surface area contributed by atoms with Gasteiger partial charge in [-0.2, -0.15) is 4.31 Å². The number of carbonyl (C=O) groups is 1. The average Bonchev–Trinajstić information content (AvgIpc) is 2.67. The van der Waals surface area contributed by atoms with Gasteiger partial charge in [-0.05, 0) is 53.6 Å². The molecule has 1 saturated heterocycles. The molecule has 0 atom stereocenters. The second-order valence-corrected chi connectivity index (χ2v) is 8.83. The van der Waals surface area contributed by atoms with Gasteiger partial charge >= 0.3 is 0 Å². The van der Waals surface area contributed by atoms with Crippen LogP contribution in [-0.4, -0.2) is 44.1 Å². The third-order valence-electron chi connectivity index (χ3n) is 4.31. The minimum absolute atomic E-state index is 0.197. The summed E-state index contributed by atoms with van der Waals surface area (Å²) in [6.07, 6.45) is 2.68. The molecule has 0 amide bonds. The van der Waals surface area contributed by atoms with Crippen molar-refractivity contribution in [3.05, 3.63) is 65.2 Å². The van der Waals surface area contributed by atoms with Crippen molar-refractivity contribution in [1.82, 2.24) is 4.31 Å². The molecular weight excluding hydrogens is 407 g/mol. The molecule has 0 spiro atoms. The first kappa shape index (κ1) is 19.9. The molecule has 2 aromatic carbocycles. The molecule has 1 heterocycles. The van der Waals surface area contributed by atoms with Crippen LogP contribution in [0.3, 0.4) is 0 Å². The fraction of sp³-hybridized carbons (Fsp3) is 0.211. The Morgan fingerprint density at radius 1 is 1.00 bits per heavy atom. The second kappa shape index (κ2) is 8.44. The maximum absolute atomic E-state index is 12.9. The monoisotopic (exact) mass is 424 g/mol. The van der Waals surface area contributed by atoms with Crippen molar-refractivity contribution in [3.63, 3.8) is 0 Å². The Hall–Kier alpha value is -1.86. The minimum atomic E-state index is -3.61. The average molecular weight is 425 g/mol. The maximum atomic E-state index is 12.9. The van der Waals surface area contributed by atoms with Crippen LogP contribution >= 0.6 is 23.2 Å². The van der Waals surface area contributed by atoms with E-state index in [1.54, 1.807) is 18.2 Å². The topological polar surface area (TPSA) is 57.7 Å². The molecule has 0 aromatic heterocycles. The molecule has 1 fully saturated rings. The third-order valence-corrected chi connectivity index (χ3v) is 6.57. The van der Waals surface area contributed by atoms with Gasteiger partial charge in [-0.1, -0.05) is 35.9 Å². The van der Waals surface area contributed by atoms with Crippen LogP contribution in [0.2, 0.25) is 5.02 Å². The zero-order valence-electron chi connectivity index (χ0n) is 14.4. The van der Waals surface area contributed by atoms with Crippen LogP contribution in [0.1, 0.15) is 5.56 Å². The van der Waals surface area contributed by atoms with Gasteiger partial charge in [-0.3, -0.25) is 4.79 Å². The molecular formula is C19H18Cl2N2O3S. The number of sulfonamides is 1. The van der Waals surface area contributed by atoms with E-state index >= 15 is 0 Å². The van der Waals surface area contributed by atoms with E-state index in [0.717, 1.165) is 5.69 Å². The molecule has 0 aliphatic carbocycles. The number of hydrogen-bond acceptors (Lipinski definition) is 4. The summed E-state index contributed by atoms with van der Waals surface area (Å²) in [7, 11) is -3.61. The summed E-state index contributed by atoms with van der Waals surface area (Å²) in [5, 5.41) is 0.0447. The lowest BCUT2D eigenvalue weighted by atomic mass is 10.2. The highest BCUT2D eigenvalue weighted by Gasteiger charge is 2.28. The lowest BCUT2D eigenvalue weighted by molar-refractivity contribution is -0.107. The van der Waals surface area contributed by atoms with Crippen LogP contribution in [0.5, 0.6) is 0 Å². The van der Waals surface area contributed by atoms with E-state index in [1.807, 2.05) is 24.3 Å². The number of rotatable bonds is 5. The molecule has 0 saturated carbocycles. The first-order valence-corrected chi connectivity index (χ1v) is 10.5. The largest absolute Gasteiger partial charge is 0.369 e. The number of halogens is 2. The summed E-state index contributed by atoms with van der Waals surface area (Å²) in [4.78, 5) is 13.2. The van der Waals surface area contributed by atoms with E-state index in [-0.39, 0.29) is 4.90 Å². The third kappa shape index (κ3) is 4.90. The minimum Gasteiger partial charge on any atom is -0.369 e. The molecule has 8 heteroatoms. The Kier molecular flexibility index (Phi) is 6.22. The molecule has 1 aliphatic heterocycles. The lowest BCUT2D eigenvalue weighted by Crippen LogP contribution is -2.48. The smallest absolute Gasteiger partial charge is 0.245 e. The molecule has 0 radical (unpaired) electrons. The molecule has 0 unspecified atom stereocenters. The van der Waals surface area contributed by atoms with Crippen molar-refractivity contribution in [2.24, 2.45) is 0 Å². The summed E-state index contributed by atoms with van der Waals surface area (Å²) in [6.45, 7) is 1.93. The van der Waals surface area contributed by atoms with Crippen molar-refractivity contribution < 1.29 is 13.2 Å². The van der Waals surface area contributed by atoms with E-state index < -0.39 is 15.3 Å². The molecule has 27 heavy (non-hydrogen) atoms. The van der Waals surface area contributed by atoms with Gasteiger partial charge in [0, 0.05) is 36.9 Å². The highest BCUT2D eigenvalue weighted by atomic mass is 35.5. The molecule has 1 aliphatic rings. The van der Waals surface area contributed by atoms with Gasteiger partial charge in [0.05, 0.1) is 4.90 Å². The van der Waals surface area contributed by atoms with Crippen LogP contribution < -0.4 is 4.90 Å². The Bertz CT molecular complexity index is 968. The van der Waals surface area contributed by atoms with Gasteiger partial charge in [-0.25, -0.2) is 8.42 Å². The number of carbonyl (C=O) groups excluding carboxylic acids is 1. The van der Waals surface area contributed by atoms with E-state index in [9.17, 15) is 13.2 Å². The van der Waals surface area contributed by atoms with Crippen molar-refractivity contribution >= 4 is 50.2 Å². The predicted molar refractivity (Wildman–Crippen MR) is 109 cm³/mol. The Morgan fingerprint density at radius 2 is 1.70 bits per heavy atom. The highest BCUT2D eigenvalue weighted by Crippen LogP contribution is 2.24. The van der Waals surface area contributed by atoms with Crippen LogP contribution in [0.4, 0.5) is 5.69 Å². The van der Waals surface area contributed by atoms with Gasteiger partial charge in [0.25, 0.3) is 0 Å². The van der Waals surface area contributed by atoms with Crippen LogP contribution in [0.15, 0.2) is 59.5 Å². The van der Waals surface area contributed by atoms with E-state index in [1.165, 1.54) is 22.5 Å². The summed E-state index contributed by atoms with van der Waals surface area (Å²) in [5.41, 5.74) is 1.58. The first-order chi connectivity index (χ1) is 12.9. The van der Waals surface area contributed by atoms with E-state index in [2.05, 4.69) is 4.90 Å². The van der Waals surface area contributed by atoms with Crippen LogP contribution in [0.25, 0.3) is 6.08 Å². The summed E-state index contributed by atoms with van der Waals surface area (Å²) < 4.78 is 27.4. The fourth-order valence-corrected chi connectivity index (χ4v) is 4.67. The van der Waals surface area contributed by atoms with Crippen molar-refractivity contribution in [2.75, 3.05) is 31.1 Å². The van der Waals surface area contributed by atoms with Gasteiger partial charge in [0.15, 0.2) is 0 Å². The van der Waals surface area contributed by atoms with Gasteiger partial charge in [0.2, 0.25) is 15.3 Å². The van der Waals surface area contributed by atoms with Crippen molar-refractivity contribution in [3.8, 4) is 0 Å². The maximum Gasteiger partial charge on any atom is 0.245 e. The van der Waals surface area contributed by atoms with Crippen molar-refractivity contribution in [1.29, 1.82) is 0 Å². The number of allylic oxidation sites excluding steroid dienone is 1. The number of anilines is 1. The quantitative estimate of drug-likeness (QED) is 0.542.